The predicted molar refractivity (Wildman–Crippen MR) is 90.9 cm³/mol. The van der Waals surface area contributed by atoms with Crippen molar-refractivity contribution in [2.75, 3.05) is 0 Å². The summed E-state index contributed by atoms with van der Waals surface area (Å²) in [6, 6.07) is 3.26. The Bertz CT molecular complexity index is 803. The molecule has 5 heteroatoms. The van der Waals surface area contributed by atoms with Crippen molar-refractivity contribution in [3.63, 3.8) is 0 Å². The van der Waals surface area contributed by atoms with Crippen molar-refractivity contribution in [1.29, 1.82) is 0 Å². The molecule has 1 aliphatic carbocycles. The van der Waals surface area contributed by atoms with Crippen LogP contribution in [0.25, 0.3) is 11.0 Å². The van der Waals surface area contributed by atoms with Gasteiger partial charge in [0, 0.05) is 10.9 Å². The number of nitrogens with one attached hydrogen (secondary N) is 1. The fraction of sp³-hybridized carbons (Fsp3) is 0.368. The highest BCUT2D eigenvalue weighted by Gasteiger charge is 2.20. The van der Waals surface area contributed by atoms with Crippen LogP contribution in [0.1, 0.15) is 36.5 Å². The Morgan fingerprint density at radius 1 is 1.33 bits per heavy atom. The third-order valence-corrected chi connectivity index (χ3v) is 4.46. The van der Waals surface area contributed by atoms with Gasteiger partial charge in [0.25, 0.3) is 0 Å². The molecule has 3 rings (SSSR count). The van der Waals surface area contributed by atoms with E-state index < -0.39 is 12.0 Å². The molecule has 1 atom stereocenters. The van der Waals surface area contributed by atoms with Crippen molar-refractivity contribution >= 4 is 22.8 Å². The summed E-state index contributed by atoms with van der Waals surface area (Å²) in [5.41, 5.74) is 4.24. The van der Waals surface area contributed by atoms with E-state index in [1.165, 1.54) is 11.1 Å². The van der Waals surface area contributed by atoms with Crippen LogP contribution in [0.2, 0.25) is 0 Å². The molecule has 24 heavy (non-hydrogen) atoms. The van der Waals surface area contributed by atoms with E-state index in [4.69, 9.17) is 4.42 Å². The van der Waals surface area contributed by atoms with Gasteiger partial charge in [-0.2, -0.15) is 0 Å². The second-order valence-corrected chi connectivity index (χ2v) is 6.17. The Balaban J connectivity index is 1.74. The van der Waals surface area contributed by atoms with Crippen LogP contribution < -0.4 is 5.32 Å². The smallest absolute Gasteiger partial charge is 0.326 e. The average molecular weight is 327 g/mol. The molecule has 0 saturated carbocycles. The van der Waals surface area contributed by atoms with Gasteiger partial charge in [-0.05, 0) is 55.9 Å². The number of allylic oxidation sites excluding steroid dienone is 1. The molecular weight excluding hydrogens is 306 g/mol. The molecule has 2 N–H and O–H groups in total. The molecule has 0 aliphatic heterocycles. The van der Waals surface area contributed by atoms with Gasteiger partial charge in [-0.25, -0.2) is 4.79 Å². The first-order chi connectivity index (χ1) is 11.6. The maximum Gasteiger partial charge on any atom is 0.326 e. The number of fused-ring (bicyclic) bond motifs is 2. The zero-order chi connectivity index (χ0) is 17.1. The molecule has 0 fully saturated rings. The number of benzene rings is 1. The van der Waals surface area contributed by atoms with E-state index in [9.17, 15) is 14.7 Å². The number of hydrogen-bond donors (Lipinski definition) is 2. The van der Waals surface area contributed by atoms with E-state index >= 15 is 0 Å². The lowest BCUT2D eigenvalue weighted by Gasteiger charge is -2.12. The second-order valence-electron chi connectivity index (χ2n) is 6.17. The van der Waals surface area contributed by atoms with Gasteiger partial charge in [0.1, 0.15) is 11.6 Å². The van der Waals surface area contributed by atoms with Crippen LogP contribution in [0.15, 0.2) is 35.0 Å². The Morgan fingerprint density at radius 3 is 2.79 bits per heavy atom. The number of amides is 1. The van der Waals surface area contributed by atoms with Crippen molar-refractivity contribution in [2.45, 2.75) is 45.1 Å². The van der Waals surface area contributed by atoms with Gasteiger partial charge < -0.3 is 14.8 Å². The molecule has 0 saturated heterocycles. The highest BCUT2D eigenvalue weighted by molar-refractivity contribution is 5.90. The number of carboxylic acids is 1. The van der Waals surface area contributed by atoms with E-state index in [1.807, 2.05) is 6.92 Å². The van der Waals surface area contributed by atoms with Crippen molar-refractivity contribution in [3.8, 4) is 0 Å². The van der Waals surface area contributed by atoms with E-state index in [0.717, 1.165) is 35.8 Å². The second kappa shape index (κ2) is 6.91. The van der Waals surface area contributed by atoms with Crippen LogP contribution in [-0.2, 0) is 28.9 Å². The number of rotatable bonds is 6. The maximum absolute atomic E-state index is 12.2. The molecule has 1 unspecified atom stereocenters. The van der Waals surface area contributed by atoms with Gasteiger partial charge in [-0.15, -0.1) is 0 Å². The monoisotopic (exact) mass is 327 g/mol. The number of hydrogen-bond acceptors (Lipinski definition) is 3. The Kier molecular flexibility index (Phi) is 4.69. The first kappa shape index (κ1) is 16.3. The predicted octanol–water partition coefficient (Wildman–Crippen LogP) is 3.00. The molecule has 126 valence electrons. The van der Waals surface area contributed by atoms with Crippen LogP contribution in [0.3, 0.4) is 0 Å². The Hall–Kier alpha value is -2.56. The van der Waals surface area contributed by atoms with Gasteiger partial charge in [0.15, 0.2) is 0 Å². The fourth-order valence-corrected chi connectivity index (χ4v) is 3.20. The SMILES string of the molecule is C/C=C/CC(NC(=O)Cc1coc2cc3c(cc12)CCC3)C(=O)O. The first-order valence-corrected chi connectivity index (χ1v) is 8.23. The number of carbonyl (C=O) groups is 2. The number of carboxylic acid groups (broad SMARTS) is 1. The molecule has 5 nitrogen and oxygen atoms in total. The fourth-order valence-electron chi connectivity index (χ4n) is 3.20. The number of aliphatic carboxylic acids is 1. The van der Waals surface area contributed by atoms with Gasteiger partial charge in [-0.1, -0.05) is 12.2 Å². The summed E-state index contributed by atoms with van der Waals surface area (Å²) in [6.45, 7) is 1.82. The molecule has 2 aromatic rings. The minimum Gasteiger partial charge on any atom is -0.480 e. The molecule has 1 aromatic heterocycles. The van der Waals surface area contributed by atoms with Crippen LogP contribution in [0, 0.1) is 0 Å². The lowest BCUT2D eigenvalue weighted by molar-refractivity contribution is -0.141. The molecule has 0 spiro atoms. The highest BCUT2D eigenvalue weighted by atomic mass is 16.4. The summed E-state index contributed by atoms with van der Waals surface area (Å²) in [7, 11) is 0. The van der Waals surface area contributed by atoms with Crippen molar-refractivity contribution < 1.29 is 19.1 Å². The standard InChI is InChI=1S/C19H21NO4/c1-2-3-7-16(19(22)23)20-18(21)10-14-11-24-17-9-13-6-4-5-12(13)8-15(14)17/h2-3,8-9,11,16H,4-7,10H2,1H3,(H,20,21)(H,22,23)/b3-2+. The molecule has 1 aromatic carbocycles. The number of carbonyl (C=O) groups excluding carboxylic acids is 1. The summed E-state index contributed by atoms with van der Waals surface area (Å²) in [6.07, 6.45) is 8.79. The Labute approximate surface area is 140 Å². The zero-order valence-electron chi connectivity index (χ0n) is 13.7. The van der Waals surface area contributed by atoms with Crippen molar-refractivity contribution in [2.24, 2.45) is 0 Å². The van der Waals surface area contributed by atoms with Gasteiger partial charge in [-0.3, -0.25) is 4.79 Å². The van der Waals surface area contributed by atoms with Crippen LogP contribution in [-0.4, -0.2) is 23.0 Å². The van der Waals surface area contributed by atoms with Crippen LogP contribution in [0.4, 0.5) is 0 Å². The van der Waals surface area contributed by atoms with E-state index in [-0.39, 0.29) is 18.7 Å². The largest absolute Gasteiger partial charge is 0.480 e. The number of furan rings is 1. The van der Waals surface area contributed by atoms with E-state index in [0.29, 0.717) is 0 Å². The summed E-state index contributed by atoms with van der Waals surface area (Å²) >= 11 is 0. The minimum atomic E-state index is -1.03. The van der Waals surface area contributed by atoms with Gasteiger partial charge in [0.05, 0.1) is 12.7 Å². The summed E-state index contributed by atoms with van der Waals surface area (Å²) in [5, 5.41) is 12.7. The third-order valence-electron chi connectivity index (χ3n) is 4.46. The summed E-state index contributed by atoms with van der Waals surface area (Å²) in [4.78, 5) is 23.4. The molecule has 1 amide bonds. The zero-order valence-corrected chi connectivity index (χ0v) is 13.7. The van der Waals surface area contributed by atoms with Crippen molar-refractivity contribution in [1.82, 2.24) is 5.32 Å². The van der Waals surface area contributed by atoms with Crippen LogP contribution >= 0.6 is 0 Å². The third kappa shape index (κ3) is 3.35. The minimum absolute atomic E-state index is 0.116. The lowest BCUT2D eigenvalue weighted by atomic mass is 10.0. The molecule has 0 bridgehead atoms. The molecule has 0 radical (unpaired) electrons. The quantitative estimate of drug-likeness (QED) is 0.799. The first-order valence-electron chi connectivity index (χ1n) is 8.23. The average Bonchev–Trinajstić information content (AvgIpc) is 3.15. The van der Waals surface area contributed by atoms with E-state index in [1.54, 1.807) is 18.4 Å². The number of aryl methyl sites for hydroxylation is 2. The Morgan fingerprint density at radius 2 is 2.08 bits per heavy atom. The van der Waals surface area contributed by atoms with Gasteiger partial charge in [0.2, 0.25) is 5.91 Å². The maximum atomic E-state index is 12.2. The normalized spacial score (nSPS) is 14.9. The van der Waals surface area contributed by atoms with E-state index in [2.05, 4.69) is 17.4 Å². The van der Waals surface area contributed by atoms with Gasteiger partial charge >= 0.3 is 5.97 Å². The molecular formula is C19H21NO4. The summed E-state index contributed by atoms with van der Waals surface area (Å²) < 4.78 is 5.59. The lowest BCUT2D eigenvalue weighted by Crippen LogP contribution is -2.41. The topological polar surface area (TPSA) is 79.5 Å². The van der Waals surface area contributed by atoms with Crippen molar-refractivity contribution in [3.05, 3.63) is 47.2 Å². The molecule has 1 aliphatic rings. The highest BCUT2D eigenvalue weighted by Crippen LogP contribution is 2.30. The van der Waals surface area contributed by atoms with Crippen LogP contribution in [0.5, 0.6) is 0 Å². The molecule has 1 heterocycles. The summed E-state index contributed by atoms with van der Waals surface area (Å²) in [5.74, 6) is -1.34.